The molecule has 2 aliphatic heterocycles. The highest BCUT2D eigenvalue weighted by molar-refractivity contribution is 5.87. The van der Waals surface area contributed by atoms with E-state index in [0.29, 0.717) is 18.5 Å². The van der Waals surface area contributed by atoms with Gasteiger partial charge in [0.15, 0.2) is 0 Å². The van der Waals surface area contributed by atoms with E-state index < -0.39 is 5.60 Å². The number of amides is 1. The van der Waals surface area contributed by atoms with Crippen LogP contribution >= 0.6 is 0 Å². The molecule has 29 heavy (non-hydrogen) atoms. The summed E-state index contributed by atoms with van der Waals surface area (Å²) in [6.07, 6.45) is 6.12. The summed E-state index contributed by atoms with van der Waals surface area (Å²) < 4.78 is 7.78. The zero-order chi connectivity index (χ0) is 20.8. The van der Waals surface area contributed by atoms with E-state index in [9.17, 15) is 4.79 Å². The van der Waals surface area contributed by atoms with Gasteiger partial charge in [-0.3, -0.25) is 9.58 Å². The van der Waals surface area contributed by atoms with Crippen molar-refractivity contribution in [1.29, 1.82) is 0 Å². The third-order valence-corrected chi connectivity index (χ3v) is 5.67. The molecule has 1 fully saturated rings. The lowest BCUT2D eigenvalue weighted by atomic mass is 9.98. The van der Waals surface area contributed by atoms with Gasteiger partial charge in [-0.1, -0.05) is 19.1 Å². The maximum Gasteiger partial charge on any atom is 0.414 e. The maximum atomic E-state index is 12.9. The van der Waals surface area contributed by atoms with Gasteiger partial charge < -0.3 is 9.64 Å². The predicted octanol–water partition coefficient (Wildman–Crippen LogP) is 4.53. The predicted molar refractivity (Wildman–Crippen MR) is 116 cm³/mol. The second-order valence-corrected chi connectivity index (χ2v) is 9.61. The van der Waals surface area contributed by atoms with Gasteiger partial charge in [-0.2, -0.15) is 5.10 Å². The van der Waals surface area contributed by atoms with E-state index in [0.717, 1.165) is 48.1 Å². The minimum Gasteiger partial charge on any atom is -0.443 e. The summed E-state index contributed by atoms with van der Waals surface area (Å²) in [5, 5.41) is 5.91. The molecule has 6 heteroatoms. The summed E-state index contributed by atoms with van der Waals surface area (Å²) >= 11 is 0. The molecule has 2 aliphatic rings. The van der Waals surface area contributed by atoms with Crippen LogP contribution in [0, 0.1) is 5.92 Å². The number of likely N-dealkylation sites (N-methyl/N-ethyl adjacent to an activating group) is 1. The van der Waals surface area contributed by atoms with Crippen LogP contribution in [0.3, 0.4) is 0 Å². The number of nitrogens with zero attached hydrogens (tertiary/aromatic N) is 4. The van der Waals surface area contributed by atoms with Crippen LogP contribution < -0.4 is 0 Å². The van der Waals surface area contributed by atoms with Crippen LogP contribution in [-0.4, -0.2) is 58.0 Å². The summed E-state index contributed by atoms with van der Waals surface area (Å²) in [5.74, 6) is 0.414. The molecule has 1 aromatic carbocycles. The Morgan fingerprint density at radius 2 is 2.03 bits per heavy atom. The quantitative estimate of drug-likeness (QED) is 0.748. The van der Waals surface area contributed by atoms with Gasteiger partial charge in [0.2, 0.25) is 0 Å². The molecule has 156 valence electrons. The summed E-state index contributed by atoms with van der Waals surface area (Å²) in [6.45, 7) is 10.7. The highest BCUT2D eigenvalue weighted by Gasteiger charge is 2.29. The van der Waals surface area contributed by atoms with Gasteiger partial charge in [-0.25, -0.2) is 4.79 Å². The number of aromatic nitrogens is 2. The van der Waals surface area contributed by atoms with Gasteiger partial charge in [-0.15, -0.1) is 0 Å². The Hall–Kier alpha value is -2.34. The minimum atomic E-state index is -0.511. The molecule has 1 amide bonds. The average molecular weight is 397 g/mol. The molecule has 0 radical (unpaired) electrons. The van der Waals surface area contributed by atoms with Gasteiger partial charge in [0.1, 0.15) is 5.60 Å². The number of hydrogen-bond acceptors (Lipinski definition) is 4. The first kappa shape index (κ1) is 20.0. The monoisotopic (exact) mass is 396 g/mol. The van der Waals surface area contributed by atoms with Crippen molar-refractivity contribution in [2.24, 2.45) is 5.92 Å². The number of fused-ring (bicyclic) bond motifs is 1. The fraction of sp³-hybridized carbons (Fsp3) is 0.565. The molecule has 1 saturated heterocycles. The molecular weight excluding hydrogens is 364 g/mol. The summed E-state index contributed by atoms with van der Waals surface area (Å²) in [5.41, 5.74) is 2.46. The van der Waals surface area contributed by atoms with Crippen molar-refractivity contribution in [1.82, 2.24) is 19.6 Å². The molecule has 0 spiro atoms. The Morgan fingerprint density at radius 1 is 1.24 bits per heavy atom. The molecule has 2 atom stereocenters. The average Bonchev–Trinajstić information content (AvgIpc) is 3.25. The van der Waals surface area contributed by atoms with Crippen LogP contribution in [0.4, 0.5) is 4.79 Å². The van der Waals surface area contributed by atoms with Gasteiger partial charge in [0.05, 0.1) is 17.3 Å². The van der Waals surface area contributed by atoms with Crippen molar-refractivity contribution in [3.05, 3.63) is 36.0 Å². The summed E-state index contributed by atoms with van der Waals surface area (Å²) in [6, 6.07) is 6.71. The van der Waals surface area contributed by atoms with Crippen LogP contribution in [0.15, 0.2) is 30.5 Å². The SMILES string of the molecule is C[C@H]1CC=C(c2ccc3nn(C4CCN(C)C4)cc3c2)N(C(=O)OC(C)(C)C)C1. The second-order valence-electron chi connectivity index (χ2n) is 9.61. The van der Waals surface area contributed by atoms with Crippen LogP contribution in [0.1, 0.15) is 52.1 Å². The number of ether oxygens (including phenoxy) is 1. The maximum absolute atomic E-state index is 12.9. The first-order valence-electron chi connectivity index (χ1n) is 10.6. The highest BCUT2D eigenvalue weighted by Crippen LogP contribution is 2.31. The molecular formula is C23H32N4O2. The van der Waals surface area contributed by atoms with E-state index in [4.69, 9.17) is 9.84 Å². The summed E-state index contributed by atoms with van der Waals surface area (Å²) in [4.78, 5) is 17.0. The number of likely N-dealkylation sites (tertiary alicyclic amines) is 1. The number of carbonyl (C=O) groups excluding carboxylic acids is 1. The molecule has 0 aliphatic carbocycles. The third kappa shape index (κ3) is 4.32. The molecule has 0 saturated carbocycles. The number of allylic oxidation sites excluding steroid dienone is 1. The van der Waals surface area contributed by atoms with Gasteiger partial charge in [0, 0.05) is 24.7 Å². The Labute approximate surface area is 173 Å². The smallest absolute Gasteiger partial charge is 0.414 e. The fourth-order valence-electron chi connectivity index (χ4n) is 4.19. The van der Waals surface area contributed by atoms with E-state index in [1.54, 1.807) is 4.90 Å². The third-order valence-electron chi connectivity index (χ3n) is 5.67. The first-order chi connectivity index (χ1) is 13.7. The molecule has 6 nitrogen and oxygen atoms in total. The van der Waals surface area contributed by atoms with Crippen LogP contribution in [0.25, 0.3) is 16.6 Å². The van der Waals surface area contributed by atoms with Crippen molar-refractivity contribution in [2.45, 2.75) is 52.2 Å². The molecule has 0 bridgehead atoms. The number of rotatable bonds is 2. The fourth-order valence-corrected chi connectivity index (χ4v) is 4.19. The van der Waals surface area contributed by atoms with Crippen molar-refractivity contribution in [3.8, 4) is 0 Å². The van der Waals surface area contributed by atoms with Gasteiger partial charge in [0.25, 0.3) is 0 Å². The van der Waals surface area contributed by atoms with Crippen LogP contribution in [0.2, 0.25) is 0 Å². The Bertz CT molecular complexity index is 940. The second kappa shape index (κ2) is 7.48. The van der Waals surface area contributed by atoms with Crippen molar-refractivity contribution in [2.75, 3.05) is 26.7 Å². The topological polar surface area (TPSA) is 50.6 Å². The largest absolute Gasteiger partial charge is 0.443 e. The Kier molecular flexibility index (Phi) is 5.15. The zero-order valence-electron chi connectivity index (χ0n) is 18.2. The summed E-state index contributed by atoms with van der Waals surface area (Å²) in [7, 11) is 2.16. The Morgan fingerprint density at radius 3 is 2.72 bits per heavy atom. The lowest BCUT2D eigenvalue weighted by molar-refractivity contribution is 0.0327. The van der Waals surface area contributed by atoms with E-state index in [-0.39, 0.29) is 6.09 Å². The molecule has 1 aromatic heterocycles. The van der Waals surface area contributed by atoms with E-state index in [2.05, 4.69) is 54.0 Å². The normalized spacial score (nSPS) is 23.5. The lowest BCUT2D eigenvalue weighted by Gasteiger charge is -2.33. The molecule has 2 aromatic rings. The number of hydrogen-bond donors (Lipinski definition) is 0. The van der Waals surface area contributed by atoms with E-state index >= 15 is 0 Å². The van der Waals surface area contributed by atoms with Gasteiger partial charge >= 0.3 is 6.09 Å². The molecule has 1 unspecified atom stereocenters. The molecule has 0 N–H and O–H groups in total. The first-order valence-corrected chi connectivity index (χ1v) is 10.6. The lowest BCUT2D eigenvalue weighted by Crippen LogP contribution is -2.39. The van der Waals surface area contributed by atoms with Crippen LogP contribution in [0.5, 0.6) is 0 Å². The number of benzene rings is 1. The van der Waals surface area contributed by atoms with E-state index in [1.165, 1.54) is 0 Å². The zero-order valence-corrected chi connectivity index (χ0v) is 18.2. The van der Waals surface area contributed by atoms with Gasteiger partial charge in [-0.05, 0) is 70.8 Å². The molecule has 4 rings (SSSR count). The van der Waals surface area contributed by atoms with Crippen molar-refractivity contribution in [3.63, 3.8) is 0 Å². The highest BCUT2D eigenvalue weighted by atomic mass is 16.6. The van der Waals surface area contributed by atoms with Crippen LogP contribution in [-0.2, 0) is 4.74 Å². The standard InChI is InChI=1S/C23H32N4O2/c1-16-6-9-21(26(13-16)22(28)29-23(2,3)4)17-7-8-20-18(12-17)14-27(24-20)19-10-11-25(5)15-19/h7-9,12,14,16,19H,6,10-11,13,15H2,1-5H3/t16-,19?/m0/s1. The number of carbonyl (C=O) groups is 1. The van der Waals surface area contributed by atoms with Crippen molar-refractivity contribution < 1.29 is 9.53 Å². The van der Waals surface area contributed by atoms with E-state index in [1.807, 2.05) is 20.8 Å². The Balaban J connectivity index is 1.63. The van der Waals surface area contributed by atoms with Crippen molar-refractivity contribution >= 4 is 22.7 Å². The minimum absolute atomic E-state index is 0.278. The molecule has 3 heterocycles.